The van der Waals surface area contributed by atoms with Crippen molar-refractivity contribution in [2.24, 2.45) is 5.92 Å². The second kappa shape index (κ2) is 10.8. The molecule has 7 nitrogen and oxygen atoms in total. The van der Waals surface area contributed by atoms with Crippen molar-refractivity contribution in [2.75, 3.05) is 6.61 Å². The summed E-state index contributed by atoms with van der Waals surface area (Å²) in [5.41, 5.74) is 1.14. The van der Waals surface area contributed by atoms with Gasteiger partial charge in [-0.15, -0.1) is 0 Å². The first-order valence-electron chi connectivity index (χ1n) is 11.5. The Kier molecular flexibility index (Phi) is 7.35. The largest absolute Gasteiger partial charge is 0.451 e. The van der Waals surface area contributed by atoms with Gasteiger partial charge < -0.3 is 10.1 Å². The van der Waals surface area contributed by atoms with E-state index in [0.29, 0.717) is 22.4 Å². The number of ether oxygens (including phenoxy) is 1. The fraction of sp³-hybridized carbons (Fsp3) is 0.214. The van der Waals surface area contributed by atoms with E-state index >= 15 is 0 Å². The molecule has 4 aromatic rings. The molecule has 1 aromatic heterocycles. The first-order valence-corrected chi connectivity index (χ1v) is 11.5. The van der Waals surface area contributed by atoms with Gasteiger partial charge in [-0.2, -0.15) is 9.78 Å². The molecule has 0 bridgehead atoms. The number of benzene rings is 3. The van der Waals surface area contributed by atoms with Gasteiger partial charge in [-0.3, -0.25) is 9.59 Å². The molecule has 0 aliphatic carbocycles. The predicted molar refractivity (Wildman–Crippen MR) is 134 cm³/mol. The number of amides is 1. The molecule has 0 fully saturated rings. The second-order valence-corrected chi connectivity index (χ2v) is 8.68. The van der Waals surface area contributed by atoms with Crippen LogP contribution in [0.4, 0.5) is 0 Å². The van der Waals surface area contributed by atoms with Crippen molar-refractivity contribution in [3.8, 4) is 5.69 Å². The summed E-state index contributed by atoms with van der Waals surface area (Å²) in [4.78, 5) is 38.7. The number of carbonyl (C=O) groups is 2. The monoisotopic (exact) mass is 469 g/mol. The Morgan fingerprint density at radius 3 is 2.14 bits per heavy atom. The number of hydrogen-bond donors (Lipinski definition) is 1. The molecule has 0 spiro atoms. The highest BCUT2D eigenvalue weighted by atomic mass is 16.5. The number of nitrogens with zero attached hydrogens (tertiary/aromatic N) is 2. The minimum atomic E-state index is -0.777. The maximum absolute atomic E-state index is 13.0. The summed E-state index contributed by atoms with van der Waals surface area (Å²) >= 11 is 0. The van der Waals surface area contributed by atoms with Crippen molar-refractivity contribution in [1.82, 2.24) is 15.1 Å². The van der Waals surface area contributed by atoms with E-state index in [2.05, 4.69) is 24.3 Å². The molecular weight excluding hydrogens is 442 g/mol. The van der Waals surface area contributed by atoms with Crippen LogP contribution < -0.4 is 10.9 Å². The van der Waals surface area contributed by atoms with Crippen LogP contribution in [0.25, 0.3) is 16.5 Å². The van der Waals surface area contributed by atoms with E-state index in [0.717, 1.165) is 12.0 Å². The predicted octanol–water partition coefficient (Wildman–Crippen LogP) is 4.45. The molecule has 0 saturated carbocycles. The molecule has 0 saturated heterocycles. The Labute approximate surface area is 203 Å². The van der Waals surface area contributed by atoms with Crippen molar-refractivity contribution in [1.29, 1.82) is 0 Å². The number of fused-ring (bicyclic) bond motifs is 1. The Hall–Kier alpha value is -4.26. The number of aromatic nitrogens is 2. The molecule has 0 radical (unpaired) electrons. The van der Waals surface area contributed by atoms with Gasteiger partial charge in [-0.05, 0) is 36.1 Å². The van der Waals surface area contributed by atoms with Gasteiger partial charge in [0.15, 0.2) is 12.3 Å². The van der Waals surface area contributed by atoms with Crippen LogP contribution in [-0.2, 0) is 9.53 Å². The molecule has 4 rings (SSSR count). The van der Waals surface area contributed by atoms with E-state index in [1.807, 2.05) is 36.4 Å². The maximum atomic E-state index is 13.0. The molecule has 1 N–H and O–H groups in total. The van der Waals surface area contributed by atoms with Gasteiger partial charge in [0.05, 0.1) is 17.1 Å². The summed E-state index contributed by atoms with van der Waals surface area (Å²) < 4.78 is 6.52. The fourth-order valence-electron chi connectivity index (χ4n) is 3.95. The summed E-state index contributed by atoms with van der Waals surface area (Å²) in [5, 5.41) is 7.97. The van der Waals surface area contributed by atoms with E-state index in [4.69, 9.17) is 4.74 Å². The highest BCUT2D eigenvalue weighted by Gasteiger charge is 2.21. The van der Waals surface area contributed by atoms with Gasteiger partial charge in [0, 0.05) is 5.39 Å². The number of nitrogens with one attached hydrogen (secondary N) is 1. The third-order valence-corrected chi connectivity index (χ3v) is 5.58. The topological polar surface area (TPSA) is 90.3 Å². The van der Waals surface area contributed by atoms with Crippen molar-refractivity contribution in [3.05, 3.63) is 107 Å². The van der Waals surface area contributed by atoms with Gasteiger partial charge in [0.25, 0.3) is 11.5 Å². The van der Waals surface area contributed by atoms with Crippen molar-refractivity contribution in [3.63, 3.8) is 0 Å². The van der Waals surface area contributed by atoms with Gasteiger partial charge in [-0.25, -0.2) is 4.79 Å². The molecule has 3 aromatic carbocycles. The summed E-state index contributed by atoms with van der Waals surface area (Å²) in [7, 11) is 0. The molecule has 1 unspecified atom stereocenters. The molecule has 1 amide bonds. The smallest absolute Gasteiger partial charge is 0.359 e. The highest BCUT2D eigenvalue weighted by Crippen LogP contribution is 2.21. The maximum Gasteiger partial charge on any atom is 0.359 e. The lowest BCUT2D eigenvalue weighted by atomic mass is 9.97. The summed E-state index contributed by atoms with van der Waals surface area (Å²) in [6, 6.07) is 25.1. The molecule has 1 atom stereocenters. The van der Waals surface area contributed by atoms with Gasteiger partial charge in [0.1, 0.15) is 0 Å². The Morgan fingerprint density at radius 1 is 0.886 bits per heavy atom. The van der Waals surface area contributed by atoms with Crippen LogP contribution in [0.5, 0.6) is 0 Å². The van der Waals surface area contributed by atoms with Crippen LogP contribution in [0.3, 0.4) is 0 Å². The fourth-order valence-corrected chi connectivity index (χ4v) is 3.95. The second-order valence-electron chi connectivity index (χ2n) is 8.68. The number of esters is 1. The zero-order valence-corrected chi connectivity index (χ0v) is 19.7. The average molecular weight is 470 g/mol. The lowest BCUT2D eigenvalue weighted by Gasteiger charge is -2.21. The van der Waals surface area contributed by atoms with Crippen molar-refractivity contribution in [2.45, 2.75) is 26.3 Å². The molecule has 35 heavy (non-hydrogen) atoms. The summed E-state index contributed by atoms with van der Waals surface area (Å²) in [6.07, 6.45) is 0.748. The number of carbonyl (C=O) groups excluding carboxylic acids is 2. The minimum absolute atomic E-state index is 0.0290. The molecule has 0 aliphatic heterocycles. The number of para-hydroxylation sites is 1. The Balaban J connectivity index is 1.55. The molecular formula is C28H27N3O4. The zero-order valence-electron chi connectivity index (χ0n) is 19.7. The SMILES string of the molecule is CC(C)CC(NC(=O)COC(=O)c1nn(-c2ccccc2)c(=O)c2ccccc12)c1ccccc1. The van der Waals surface area contributed by atoms with Crippen LogP contribution in [-0.4, -0.2) is 28.3 Å². The van der Waals surface area contributed by atoms with E-state index < -0.39 is 18.5 Å². The van der Waals surface area contributed by atoms with Gasteiger partial charge >= 0.3 is 5.97 Å². The van der Waals surface area contributed by atoms with E-state index in [-0.39, 0.29) is 17.3 Å². The molecule has 7 heteroatoms. The molecule has 178 valence electrons. The normalized spacial score (nSPS) is 11.9. The number of hydrogen-bond acceptors (Lipinski definition) is 5. The minimum Gasteiger partial charge on any atom is -0.451 e. The number of rotatable bonds is 8. The zero-order chi connectivity index (χ0) is 24.8. The van der Waals surface area contributed by atoms with E-state index in [1.165, 1.54) is 4.68 Å². The standard InChI is InChI=1S/C28H27N3O4/c1-19(2)17-24(20-11-5-3-6-12-20)29-25(32)18-35-28(34)26-22-15-9-10-16-23(22)27(33)31(30-26)21-13-7-4-8-14-21/h3-16,19,24H,17-18H2,1-2H3,(H,29,32). The van der Waals surface area contributed by atoms with Gasteiger partial charge in [-0.1, -0.05) is 80.6 Å². The van der Waals surface area contributed by atoms with Crippen LogP contribution in [0.15, 0.2) is 89.7 Å². The van der Waals surface area contributed by atoms with Crippen LogP contribution in [0.2, 0.25) is 0 Å². The van der Waals surface area contributed by atoms with Crippen LogP contribution in [0.1, 0.15) is 42.4 Å². The van der Waals surface area contributed by atoms with E-state index in [9.17, 15) is 14.4 Å². The quantitative estimate of drug-likeness (QED) is 0.385. The molecule has 0 aliphatic rings. The van der Waals surface area contributed by atoms with E-state index in [1.54, 1.807) is 48.5 Å². The van der Waals surface area contributed by atoms with Crippen LogP contribution >= 0.6 is 0 Å². The summed E-state index contributed by atoms with van der Waals surface area (Å²) in [6.45, 7) is 3.71. The lowest BCUT2D eigenvalue weighted by molar-refractivity contribution is -0.125. The third kappa shape index (κ3) is 5.63. The summed E-state index contributed by atoms with van der Waals surface area (Å²) in [5.74, 6) is -0.827. The van der Waals surface area contributed by atoms with Gasteiger partial charge in [0.2, 0.25) is 0 Å². The van der Waals surface area contributed by atoms with Crippen molar-refractivity contribution >= 4 is 22.6 Å². The molecule has 1 heterocycles. The first kappa shape index (κ1) is 23.9. The lowest BCUT2D eigenvalue weighted by Crippen LogP contribution is -2.33. The Bertz CT molecular complexity index is 1380. The first-order chi connectivity index (χ1) is 16.9. The van der Waals surface area contributed by atoms with Crippen molar-refractivity contribution < 1.29 is 14.3 Å². The third-order valence-electron chi connectivity index (χ3n) is 5.58. The van der Waals surface area contributed by atoms with Crippen LogP contribution in [0, 0.1) is 5.92 Å². The Morgan fingerprint density at radius 2 is 1.49 bits per heavy atom. The highest BCUT2D eigenvalue weighted by molar-refractivity contribution is 6.02. The average Bonchev–Trinajstić information content (AvgIpc) is 2.88.